The van der Waals surface area contributed by atoms with Crippen molar-refractivity contribution in [3.63, 3.8) is 0 Å². The van der Waals surface area contributed by atoms with Crippen LogP contribution in [-0.4, -0.2) is 68.0 Å². The highest BCUT2D eigenvalue weighted by Crippen LogP contribution is 2.25. The zero-order chi connectivity index (χ0) is 21.3. The van der Waals surface area contributed by atoms with Crippen LogP contribution < -0.4 is 9.64 Å². The number of benzene rings is 2. The lowest BCUT2D eigenvalue weighted by molar-refractivity contribution is -0.140. The number of carbonyl (C=O) groups is 2. The Morgan fingerprint density at radius 2 is 1.67 bits per heavy atom. The van der Waals surface area contributed by atoms with Crippen molar-refractivity contribution in [2.24, 2.45) is 5.92 Å². The number of hydrogen-bond donors (Lipinski definition) is 0. The van der Waals surface area contributed by atoms with E-state index in [9.17, 15) is 18.4 Å². The van der Waals surface area contributed by atoms with Crippen molar-refractivity contribution in [1.82, 2.24) is 9.80 Å². The van der Waals surface area contributed by atoms with E-state index >= 15 is 0 Å². The first-order chi connectivity index (χ1) is 14.5. The van der Waals surface area contributed by atoms with Crippen LogP contribution in [0.3, 0.4) is 0 Å². The van der Waals surface area contributed by atoms with E-state index in [0.717, 1.165) is 36.7 Å². The van der Waals surface area contributed by atoms with Gasteiger partial charge >= 0.3 is 0 Å². The monoisotopic (exact) mass is 415 g/mol. The third-order valence-electron chi connectivity index (χ3n) is 5.69. The molecule has 6 nitrogen and oxygen atoms in total. The van der Waals surface area contributed by atoms with E-state index in [2.05, 4.69) is 4.90 Å². The van der Waals surface area contributed by atoms with Crippen LogP contribution in [-0.2, 0) is 4.79 Å². The minimum atomic E-state index is -1.05. The van der Waals surface area contributed by atoms with Gasteiger partial charge in [0.05, 0.1) is 13.0 Å². The van der Waals surface area contributed by atoms with Crippen molar-refractivity contribution in [3.05, 3.63) is 59.7 Å². The summed E-state index contributed by atoms with van der Waals surface area (Å²) in [6.45, 7) is 3.28. The van der Waals surface area contributed by atoms with E-state index in [1.54, 1.807) is 7.11 Å². The van der Waals surface area contributed by atoms with E-state index in [4.69, 9.17) is 4.74 Å². The number of ether oxygens (including phenoxy) is 1. The molecule has 2 amide bonds. The molecule has 0 unspecified atom stereocenters. The van der Waals surface area contributed by atoms with Crippen molar-refractivity contribution in [1.29, 1.82) is 0 Å². The van der Waals surface area contributed by atoms with Crippen molar-refractivity contribution in [2.75, 3.05) is 51.3 Å². The average molecular weight is 415 g/mol. The molecule has 0 spiro atoms. The summed E-state index contributed by atoms with van der Waals surface area (Å²) in [5.41, 5.74) is 1.15. The predicted molar refractivity (Wildman–Crippen MR) is 108 cm³/mol. The molecule has 30 heavy (non-hydrogen) atoms. The maximum absolute atomic E-state index is 13.4. The van der Waals surface area contributed by atoms with Crippen LogP contribution in [0.1, 0.15) is 10.4 Å². The zero-order valence-corrected chi connectivity index (χ0v) is 16.7. The number of hydrogen-bond acceptors (Lipinski definition) is 4. The van der Waals surface area contributed by atoms with Gasteiger partial charge in [-0.15, -0.1) is 0 Å². The molecule has 0 saturated carbocycles. The number of nitrogens with zero attached hydrogens (tertiary/aromatic N) is 3. The summed E-state index contributed by atoms with van der Waals surface area (Å²) in [4.78, 5) is 30.7. The molecular weight excluding hydrogens is 392 g/mol. The Morgan fingerprint density at radius 1 is 0.933 bits per heavy atom. The number of piperazine rings is 1. The van der Waals surface area contributed by atoms with E-state index in [1.807, 2.05) is 29.2 Å². The van der Waals surface area contributed by atoms with E-state index < -0.39 is 11.6 Å². The lowest BCUT2D eigenvalue weighted by atomic mass is 9.96. The molecule has 2 fully saturated rings. The first-order valence-electron chi connectivity index (χ1n) is 9.88. The summed E-state index contributed by atoms with van der Waals surface area (Å²) >= 11 is 0. The van der Waals surface area contributed by atoms with Gasteiger partial charge in [-0.25, -0.2) is 8.78 Å². The minimum absolute atomic E-state index is 0.0367. The SMILES string of the molecule is COc1cccc(N2CCN(C(=O)C3CN(C(=O)c4ccc(F)c(F)c4)C3)CC2)c1. The van der Waals surface area contributed by atoms with Crippen molar-refractivity contribution < 1.29 is 23.1 Å². The quantitative estimate of drug-likeness (QED) is 0.770. The number of anilines is 1. The molecule has 0 bridgehead atoms. The van der Waals surface area contributed by atoms with Gasteiger partial charge in [-0.05, 0) is 30.3 Å². The van der Waals surface area contributed by atoms with Crippen molar-refractivity contribution in [2.45, 2.75) is 0 Å². The van der Waals surface area contributed by atoms with E-state index in [1.165, 1.54) is 11.0 Å². The second-order valence-corrected chi connectivity index (χ2v) is 7.55. The fourth-order valence-corrected chi connectivity index (χ4v) is 3.86. The molecule has 0 aliphatic carbocycles. The van der Waals surface area contributed by atoms with Crippen LogP contribution in [0.4, 0.5) is 14.5 Å². The Labute approximate surface area is 173 Å². The Kier molecular flexibility index (Phi) is 5.57. The van der Waals surface area contributed by atoms with Gasteiger partial charge < -0.3 is 19.4 Å². The molecule has 2 aromatic rings. The largest absolute Gasteiger partial charge is 0.497 e. The number of likely N-dealkylation sites (tertiary alicyclic amines) is 1. The molecule has 0 radical (unpaired) electrons. The molecule has 0 aromatic heterocycles. The van der Waals surface area contributed by atoms with Gasteiger partial charge in [-0.1, -0.05) is 6.07 Å². The number of carbonyl (C=O) groups excluding carboxylic acids is 2. The molecule has 2 aliphatic rings. The molecule has 2 heterocycles. The highest BCUT2D eigenvalue weighted by Gasteiger charge is 2.39. The highest BCUT2D eigenvalue weighted by molar-refractivity contribution is 5.96. The Bertz CT molecular complexity index is 954. The van der Waals surface area contributed by atoms with Gasteiger partial charge in [0.25, 0.3) is 5.91 Å². The smallest absolute Gasteiger partial charge is 0.254 e. The molecule has 0 N–H and O–H groups in total. The molecule has 0 atom stereocenters. The van der Waals surface area contributed by atoms with Crippen molar-refractivity contribution >= 4 is 17.5 Å². The molecule has 2 saturated heterocycles. The first kappa shape index (κ1) is 20.1. The summed E-state index contributed by atoms with van der Waals surface area (Å²) in [5, 5.41) is 0. The van der Waals surface area contributed by atoms with Crippen LogP contribution in [0.25, 0.3) is 0 Å². The maximum Gasteiger partial charge on any atom is 0.254 e. The summed E-state index contributed by atoms with van der Waals surface area (Å²) in [7, 11) is 1.63. The molecule has 4 rings (SSSR count). The van der Waals surface area contributed by atoms with Crippen LogP contribution in [0.5, 0.6) is 5.75 Å². The second-order valence-electron chi connectivity index (χ2n) is 7.55. The number of halogens is 2. The minimum Gasteiger partial charge on any atom is -0.497 e. The zero-order valence-electron chi connectivity index (χ0n) is 16.7. The Hall–Kier alpha value is -3.16. The standard InChI is InChI=1S/C22H23F2N3O3/c1-30-18-4-2-3-17(12-18)25-7-9-26(10-8-25)22(29)16-13-27(14-16)21(28)15-5-6-19(23)20(24)11-15/h2-6,11-12,16H,7-10,13-14H2,1H3. The van der Waals surface area contributed by atoms with Crippen molar-refractivity contribution in [3.8, 4) is 5.75 Å². The third-order valence-corrected chi connectivity index (χ3v) is 5.69. The Morgan fingerprint density at radius 3 is 2.33 bits per heavy atom. The maximum atomic E-state index is 13.4. The molecular formula is C22H23F2N3O3. The van der Waals surface area contributed by atoms with Crippen LogP contribution >= 0.6 is 0 Å². The van der Waals surface area contributed by atoms with Crippen LogP contribution in [0.2, 0.25) is 0 Å². The topological polar surface area (TPSA) is 53.1 Å². The molecule has 2 aliphatic heterocycles. The second kappa shape index (κ2) is 8.30. The van der Waals surface area contributed by atoms with Gasteiger partial charge in [-0.2, -0.15) is 0 Å². The fraction of sp³-hybridized carbons (Fsp3) is 0.364. The van der Waals surface area contributed by atoms with E-state index in [0.29, 0.717) is 26.2 Å². The normalized spacial score (nSPS) is 17.0. The van der Waals surface area contributed by atoms with Gasteiger partial charge in [0.15, 0.2) is 11.6 Å². The summed E-state index contributed by atoms with van der Waals surface area (Å²) < 4.78 is 31.7. The van der Waals surface area contributed by atoms with Crippen LogP contribution in [0.15, 0.2) is 42.5 Å². The van der Waals surface area contributed by atoms with E-state index in [-0.39, 0.29) is 23.3 Å². The summed E-state index contributed by atoms with van der Waals surface area (Å²) in [6.07, 6.45) is 0. The summed E-state index contributed by atoms with van der Waals surface area (Å²) in [6, 6.07) is 10.9. The first-order valence-corrected chi connectivity index (χ1v) is 9.88. The highest BCUT2D eigenvalue weighted by atomic mass is 19.2. The number of rotatable bonds is 4. The fourth-order valence-electron chi connectivity index (χ4n) is 3.86. The molecule has 158 valence electrons. The van der Waals surface area contributed by atoms with Gasteiger partial charge in [0.1, 0.15) is 5.75 Å². The number of amides is 2. The average Bonchev–Trinajstić information content (AvgIpc) is 2.74. The lowest BCUT2D eigenvalue weighted by Gasteiger charge is -2.43. The third kappa shape index (κ3) is 3.94. The van der Waals surface area contributed by atoms with Crippen LogP contribution in [0, 0.1) is 17.6 Å². The summed E-state index contributed by atoms with van der Waals surface area (Å²) in [5.74, 6) is -1.84. The Balaban J connectivity index is 1.28. The lowest BCUT2D eigenvalue weighted by Crippen LogP contribution is -2.59. The molecule has 2 aromatic carbocycles. The number of methoxy groups -OCH3 is 1. The predicted octanol–water partition coefficient (Wildman–Crippen LogP) is 2.39. The molecule has 8 heteroatoms. The van der Waals surface area contributed by atoms with Gasteiger partial charge in [-0.3, -0.25) is 9.59 Å². The van der Waals surface area contributed by atoms with Gasteiger partial charge in [0.2, 0.25) is 5.91 Å². The van der Waals surface area contributed by atoms with Gasteiger partial charge in [0, 0.05) is 56.6 Å².